The lowest BCUT2D eigenvalue weighted by molar-refractivity contribution is -0.385. The van der Waals surface area contributed by atoms with Crippen molar-refractivity contribution in [1.29, 1.82) is 0 Å². The molecule has 8 nitrogen and oxygen atoms in total. The summed E-state index contributed by atoms with van der Waals surface area (Å²) in [6.07, 6.45) is 2.77. The molecule has 1 fully saturated rings. The molecule has 1 aromatic carbocycles. The van der Waals surface area contributed by atoms with Gasteiger partial charge in [-0.1, -0.05) is 19.4 Å². The Balaban J connectivity index is 0.00000196. The first-order valence-electron chi connectivity index (χ1n) is 8.87. The molecule has 1 aliphatic heterocycles. The van der Waals surface area contributed by atoms with Crippen LogP contribution in [0.4, 0.5) is 23.1 Å². The standard InChI is InChI=1S/C18H24N6O2.2ClH/c1-3-4-14-10-17(23-8-7-13(19)11-23)22-18(20-14)21-15-6-5-12(2)16(9-15)24(25)26;;/h5-6,9-10,13H,3-4,7-8,11,19H2,1-2H3,(H,20,21,22);2*1H/t13-;;/m0../s1. The SMILES string of the molecule is CCCc1cc(N2CC[C@H](N)C2)nc(Nc2ccc(C)c([N+](=O)[O-])c2)n1.Cl.Cl. The highest BCUT2D eigenvalue weighted by Crippen LogP contribution is 2.26. The molecule has 0 radical (unpaired) electrons. The minimum Gasteiger partial charge on any atom is -0.355 e. The highest BCUT2D eigenvalue weighted by Gasteiger charge is 2.21. The zero-order chi connectivity index (χ0) is 18.7. The molecule has 3 N–H and O–H groups in total. The van der Waals surface area contributed by atoms with Gasteiger partial charge >= 0.3 is 0 Å². The highest BCUT2D eigenvalue weighted by molar-refractivity contribution is 5.85. The predicted octanol–water partition coefficient (Wildman–Crippen LogP) is 3.77. The molecule has 0 saturated carbocycles. The smallest absolute Gasteiger partial charge is 0.274 e. The van der Waals surface area contributed by atoms with Crippen molar-refractivity contribution >= 4 is 48.0 Å². The molecule has 0 spiro atoms. The monoisotopic (exact) mass is 428 g/mol. The van der Waals surface area contributed by atoms with Crippen LogP contribution in [0.3, 0.4) is 0 Å². The van der Waals surface area contributed by atoms with Crippen LogP contribution >= 0.6 is 24.8 Å². The van der Waals surface area contributed by atoms with Crippen LogP contribution < -0.4 is 16.0 Å². The lowest BCUT2D eigenvalue weighted by Gasteiger charge is -2.19. The average molecular weight is 429 g/mol. The van der Waals surface area contributed by atoms with E-state index in [0.717, 1.165) is 43.9 Å². The Morgan fingerprint density at radius 1 is 1.32 bits per heavy atom. The molecule has 28 heavy (non-hydrogen) atoms. The van der Waals surface area contributed by atoms with Gasteiger partial charge < -0.3 is 16.0 Å². The summed E-state index contributed by atoms with van der Waals surface area (Å²) >= 11 is 0. The van der Waals surface area contributed by atoms with E-state index in [1.165, 1.54) is 6.07 Å². The molecule has 0 amide bonds. The van der Waals surface area contributed by atoms with Gasteiger partial charge in [-0.3, -0.25) is 10.1 Å². The molecule has 1 aromatic heterocycles. The highest BCUT2D eigenvalue weighted by atomic mass is 35.5. The van der Waals surface area contributed by atoms with Crippen molar-refractivity contribution in [2.45, 2.75) is 39.2 Å². The molecule has 0 aliphatic carbocycles. The van der Waals surface area contributed by atoms with Gasteiger partial charge in [-0.25, -0.2) is 4.98 Å². The fourth-order valence-electron chi connectivity index (χ4n) is 3.09. The van der Waals surface area contributed by atoms with Crippen LogP contribution in [0.5, 0.6) is 0 Å². The number of nitrogens with zero attached hydrogens (tertiary/aromatic N) is 4. The number of nitrogens with one attached hydrogen (secondary N) is 1. The van der Waals surface area contributed by atoms with E-state index in [4.69, 9.17) is 5.73 Å². The van der Waals surface area contributed by atoms with Crippen LogP contribution in [-0.4, -0.2) is 34.0 Å². The molecule has 2 aromatic rings. The summed E-state index contributed by atoms with van der Waals surface area (Å²) in [6.45, 7) is 5.47. The summed E-state index contributed by atoms with van der Waals surface area (Å²) in [5.41, 5.74) is 8.25. The Kier molecular flexibility index (Phi) is 8.87. The van der Waals surface area contributed by atoms with Crippen molar-refractivity contribution in [3.63, 3.8) is 0 Å². The van der Waals surface area contributed by atoms with E-state index in [-0.39, 0.29) is 41.5 Å². The second-order valence-corrected chi connectivity index (χ2v) is 6.67. The quantitative estimate of drug-likeness (QED) is 0.531. The maximum absolute atomic E-state index is 11.2. The molecule has 1 saturated heterocycles. The van der Waals surface area contributed by atoms with Gasteiger partial charge in [-0.05, 0) is 25.8 Å². The number of nitro groups is 1. The molecular formula is C18H26Cl2N6O2. The van der Waals surface area contributed by atoms with Crippen molar-refractivity contribution in [2.75, 3.05) is 23.3 Å². The molecule has 0 unspecified atom stereocenters. The first kappa shape index (κ1) is 23.9. The number of nitro benzene ring substituents is 1. The Morgan fingerprint density at radius 3 is 2.68 bits per heavy atom. The van der Waals surface area contributed by atoms with Crippen molar-refractivity contribution in [3.8, 4) is 0 Å². The van der Waals surface area contributed by atoms with Crippen molar-refractivity contribution in [3.05, 3.63) is 45.6 Å². The van der Waals surface area contributed by atoms with E-state index in [2.05, 4.69) is 27.1 Å². The summed E-state index contributed by atoms with van der Waals surface area (Å²) in [4.78, 5) is 22.1. The zero-order valence-corrected chi connectivity index (χ0v) is 17.6. The van der Waals surface area contributed by atoms with Crippen LogP contribution in [0.1, 0.15) is 31.0 Å². The minimum absolute atomic E-state index is 0. The van der Waals surface area contributed by atoms with Gasteiger partial charge in [0.15, 0.2) is 0 Å². The van der Waals surface area contributed by atoms with Gasteiger partial charge in [-0.15, -0.1) is 24.8 Å². The number of aromatic nitrogens is 2. The van der Waals surface area contributed by atoms with Gasteiger partial charge in [0.05, 0.1) is 4.92 Å². The third-order valence-corrected chi connectivity index (χ3v) is 4.48. The average Bonchev–Trinajstić information content (AvgIpc) is 3.03. The number of hydrogen-bond donors (Lipinski definition) is 2. The van der Waals surface area contributed by atoms with Gasteiger partial charge in [0.2, 0.25) is 5.95 Å². The largest absolute Gasteiger partial charge is 0.355 e. The molecule has 2 heterocycles. The summed E-state index contributed by atoms with van der Waals surface area (Å²) in [5.74, 6) is 1.30. The van der Waals surface area contributed by atoms with E-state index in [0.29, 0.717) is 17.2 Å². The van der Waals surface area contributed by atoms with E-state index < -0.39 is 0 Å². The fourth-order valence-corrected chi connectivity index (χ4v) is 3.09. The molecule has 10 heteroatoms. The van der Waals surface area contributed by atoms with Crippen molar-refractivity contribution in [1.82, 2.24) is 9.97 Å². The third-order valence-electron chi connectivity index (χ3n) is 4.48. The molecule has 3 rings (SSSR count). The summed E-state index contributed by atoms with van der Waals surface area (Å²) in [5, 5.41) is 14.3. The minimum atomic E-state index is -0.383. The topological polar surface area (TPSA) is 110 Å². The predicted molar refractivity (Wildman–Crippen MR) is 116 cm³/mol. The molecular weight excluding hydrogens is 403 g/mol. The number of benzene rings is 1. The normalized spacial score (nSPS) is 15.5. The van der Waals surface area contributed by atoms with Crippen LogP contribution in [-0.2, 0) is 6.42 Å². The van der Waals surface area contributed by atoms with Crippen LogP contribution in [0.15, 0.2) is 24.3 Å². The zero-order valence-electron chi connectivity index (χ0n) is 15.9. The van der Waals surface area contributed by atoms with E-state index >= 15 is 0 Å². The van der Waals surface area contributed by atoms with Crippen LogP contribution in [0.2, 0.25) is 0 Å². The summed E-state index contributed by atoms with van der Waals surface area (Å²) in [7, 11) is 0. The van der Waals surface area contributed by atoms with Gasteiger partial charge in [0.1, 0.15) is 5.82 Å². The van der Waals surface area contributed by atoms with Crippen LogP contribution in [0, 0.1) is 17.0 Å². The van der Waals surface area contributed by atoms with E-state index in [1.807, 2.05) is 6.07 Å². The van der Waals surface area contributed by atoms with E-state index in [9.17, 15) is 10.1 Å². The lowest BCUT2D eigenvalue weighted by Crippen LogP contribution is -2.27. The van der Waals surface area contributed by atoms with Gasteiger partial charge in [0.25, 0.3) is 5.69 Å². The van der Waals surface area contributed by atoms with Crippen molar-refractivity contribution in [2.24, 2.45) is 5.73 Å². The molecule has 1 atom stereocenters. The first-order chi connectivity index (χ1) is 12.5. The fraction of sp³-hybridized carbons (Fsp3) is 0.444. The van der Waals surface area contributed by atoms with Gasteiger partial charge in [-0.2, -0.15) is 4.98 Å². The molecule has 0 bridgehead atoms. The number of nitrogens with two attached hydrogens (primary N) is 1. The first-order valence-corrected chi connectivity index (χ1v) is 8.87. The number of hydrogen-bond acceptors (Lipinski definition) is 7. The number of halogens is 2. The molecule has 154 valence electrons. The Bertz CT molecular complexity index is 821. The Hall–Kier alpha value is -2.16. The number of rotatable bonds is 6. The number of aryl methyl sites for hydroxylation is 2. The Labute approximate surface area is 176 Å². The van der Waals surface area contributed by atoms with Crippen LogP contribution in [0.25, 0.3) is 0 Å². The third kappa shape index (κ3) is 5.67. The Morgan fingerprint density at radius 2 is 2.07 bits per heavy atom. The maximum atomic E-state index is 11.2. The summed E-state index contributed by atoms with van der Waals surface area (Å²) in [6, 6.07) is 7.19. The summed E-state index contributed by atoms with van der Waals surface area (Å²) < 4.78 is 0. The molecule has 1 aliphatic rings. The number of anilines is 3. The van der Waals surface area contributed by atoms with E-state index in [1.54, 1.807) is 19.1 Å². The second-order valence-electron chi connectivity index (χ2n) is 6.67. The maximum Gasteiger partial charge on any atom is 0.274 e. The second kappa shape index (κ2) is 10.4. The van der Waals surface area contributed by atoms with Crippen molar-refractivity contribution < 1.29 is 4.92 Å². The lowest BCUT2D eigenvalue weighted by atomic mass is 10.2. The van der Waals surface area contributed by atoms with Gasteiger partial charge in [0, 0.05) is 48.2 Å².